The Morgan fingerprint density at radius 3 is 3.07 bits per heavy atom. The highest BCUT2D eigenvalue weighted by atomic mass is 16.2. The number of hydrogen-bond acceptors (Lipinski definition) is 3. The maximum absolute atomic E-state index is 11.6. The van der Waals surface area contributed by atoms with Gasteiger partial charge in [0.15, 0.2) is 0 Å². The molecule has 1 aliphatic rings. The topological polar surface area (TPSA) is 64.9 Å². The second-order valence-corrected chi connectivity index (χ2v) is 3.37. The lowest BCUT2D eigenvalue weighted by atomic mass is 10.1. The Bertz CT molecular complexity index is 422. The molecule has 1 atom stereocenters. The van der Waals surface area contributed by atoms with Crippen molar-refractivity contribution in [3.8, 4) is 6.07 Å². The van der Waals surface area contributed by atoms with Crippen LogP contribution in [0.5, 0.6) is 0 Å². The van der Waals surface area contributed by atoms with Gasteiger partial charge in [0.2, 0.25) is 5.91 Å². The molecule has 0 fully saturated rings. The van der Waals surface area contributed by atoms with Crippen molar-refractivity contribution in [3.05, 3.63) is 29.8 Å². The van der Waals surface area contributed by atoms with Crippen molar-refractivity contribution in [2.45, 2.75) is 12.5 Å². The minimum atomic E-state index is -0.311. The molecule has 2 N–H and O–H groups in total. The first kappa shape index (κ1) is 9.69. The van der Waals surface area contributed by atoms with Gasteiger partial charge in [0.1, 0.15) is 6.04 Å². The summed E-state index contributed by atoms with van der Waals surface area (Å²) in [4.78, 5) is 11.6. The maximum Gasteiger partial charge on any atom is 0.246 e. The van der Waals surface area contributed by atoms with Crippen LogP contribution in [0.2, 0.25) is 0 Å². The number of fused-ring (bicyclic) bond motifs is 1. The van der Waals surface area contributed by atoms with E-state index in [0.29, 0.717) is 13.0 Å². The molecule has 1 amide bonds. The predicted molar refractivity (Wildman–Crippen MR) is 56.0 cm³/mol. The maximum atomic E-state index is 11.6. The van der Waals surface area contributed by atoms with Crippen LogP contribution in [0.3, 0.4) is 0 Å². The molecule has 4 nitrogen and oxygen atoms in total. The summed E-state index contributed by atoms with van der Waals surface area (Å²) in [6.45, 7) is 0.531. The zero-order chi connectivity index (χ0) is 10.7. The Labute approximate surface area is 87.9 Å². The van der Waals surface area contributed by atoms with E-state index in [-0.39, 0.29) is 11.9 Å². The van der Waals surface area contributed by atoms with E-state index in [1.165, 1.54) is 0 Å². The quantitative estimate of drug-likeness (QED) is 0.722. The second-order valence-electron chi connectivity index (χ2n) is 3.37. The van der Waals surface area contributed by atoms with Crippen LogP contribution in [0, 0.1) is 11.3 Å². The molecule has 76 valence electrons. The van der Waals surface area contributed by atoms with E-state index >= 15 is 0 Å². The van der Waals surface area contributed by atoms with Gasteiger partial charge < -0.3 is 10.6 Å². The standard InChI is InChI=1S/C11H11N3O/c12-6-3-7-13-10-8-4-1-2-5-9(8)14-11(10)15/h1-2,4-5,10,13H,3,7H2,(H,14,15). The Balaban J connectivity index is 2.12. The number of rotatable bonds is 3. The third-order valence-corrected chi connectivity index (χ3v) is 2.38. The van der Waals surface area contributed by atoms with Gasteiger partial charge in [0.25, 0.3) is 0 Å². The highest BCUT2D eigenvalue weighted by Crippen LogP contribution is 2.29. The smallest absolute Gasteiger partial charge is 0.246 e. The van der Waals surface area contributed by atoms with Crippen LogP contribution in [0.15, 0.2) is 24.3 Å². The molecule has 0 spiro atoms. The fourth-order valence-corrected chi connectivity index (χ4v) is 1.68. The lowest BCUT2D eigenvalue weighted by Gasteiger charge is -2.09. The molecule has 0 saturated heterocycles. The number of nitriles is 1. The van der Waals surface area contributed by atoms with E-state index in [9.17, 15) is 4.79 Å². The molecular weight excluding hydrogens is 190 g/mol. The van der Waals surface area contributed by atoms with E-state index in [4.69, 9.17) is 5.26 Å². The average molecular weight is 201 g/mol. The number of amides is 1. The molecule has 1 aliphatic heterocycles. The first-order chi connectivity index (χ1) is 7.33. The lowest BCUT2D eigenvalue weighted by Crippen LogP contribution is -2.28. The van der Waals surface area contributed by atoms with E-state index in [2.05, 4.69) is 10.6 Å². The number of nitrogens with one attached hydrogen (secondary N) is 2. The SMILES string of the molecule is N#CCCNC1C(=O)Nc2ccccc21. The monoisotopic (exact) mass is 201 g/mol. The van der Waals surface area contributed by atoms with Gasteiger partial charge in [-0.3, -0.25) is 4.79 Å². The minimum Gasteiger partial charge on any atom is -0.324 e. The van der Waals surface area contributed by atoms with Gasteiger partial charge in [-0.2, -0.15) is 5.26 Å². The largest absolute Gasteiger partial charge is 0.324 e. The first-order valence-corrected chi connectivity index (χ1v) is 4.83. The van der Waals surface area contributed by atoms with Gasteiger partial charge in [0.05, 0.1) is 6.07 Å². The summed E-state index contributed by atoms with van der Waals surface area (Å²) in [7, 11) is 0. The van der Waals surface area contributed by atoms with Crippen LogP contribution in [-0.2, 0) is 4.79 Å². The fraction of sp³-hybridized carbons (Fsp3) is 0.273. The third-order valence-electron chi connectivity index (χ3n) is 2.38. The van der Waals surface area contributed by atoms with Crippen molar-refractivity contribution in [2.24, 2.45) is 0 Å². The summed E-state index contributed by atoms with van der Waals surface area (Å²) >= 11 is 0. The summed E-state index contributed by atoms with van der Waals surface area (Å²) < 4.78 is 0. The Morgan fingerprint density at radius 1 is 1.47 bits per heavy atom. The summed E-state index contributed by atoms with van der Waals surface area (Å²) in [6, 6.07) is 9.30. The number of para-hydroxylation sites is 1. The van der Waals surface area contributed by atoms with Crippen molar-refractivity contribution in [1.82, 2.24) is 5.32 Å². The molecule has 0 radical (unpaired) electrons. The first-order valence-electron chi connectivity index (χ1n) is 4.83. The van der Waals surface area contributed by atoms with Gasteiger partial charge in [-0.15, -0.1) is 0 Å². The van der Waals surface area contributed by atoms with Crippen LogP contribution in [-0.4, -0.2) is 12.5 Å². The van der Waals surface area contributed by atoms with Crippen LogP contribution in [0.25, 0.3) is 0 Å². The highest BCUT2D eigenvalue weighted by Gasteiger charge is 2.29. The average Bonchev–Trinajstić information content (AvgIpc) is 2.56. The molecule has 0 aliphatic carbocycles. The van der Waals surface area contributed by atoms with E-state index < -0.39 is 0 Å². The van der Waals surface area contributed by atoms with Crippen LogP contribution in [0.1, 0.15) is 18.0 Å². The Hall–Kier alpha value is -1.86. The molecule has 1 aromatic carbocycles. The summed E-state index contributed by atoms with van der Waals surface area (Å²) in [5, 5.41) is 14.3. The zero-order valence-corrected chi connectivity index (χ0v) is 8.16. The minimum absolute atomic E-state index is 0.0471. The van der Waals surface area contributed by atoms with Crippen molar-refractivity contribution in [3.63, 3.8) is 0 Å². The number of anilines is 1. The van der Waals surface area contributed by atoms with E-state index in [1.807, 2.05) is 30.3 Å². The van der Waals surface area contributed by atoms with Crippen LogP contribution >= 0.6 is 0 Å². The summed E-state index contributed by atoms with van der Waals surface area (Å²) in [5.74, 6) is -0.0471. The second kappa shape index (κ2) is 4.11. The number of nitrogens with zero attached hydrogens (tertiary/aromatic N) is 1. The molecule has 1 aromatic rings. The third kappa shape index (κ3) is 1.83. The fourth-order valence-electron chi connectivity index (χ4n) is 1.68. The zero-order valence-electron chi connectivity index (χ0n) is 8.16. The summed E-state index contributed by atoms with van der Waals surface area (Å²) in [6.07, 6.45) is 0.409. The molecule has 1 heterocycles. The predicted octanol–water partition coefficient (Wildman–Crippen LogP) is 1.18. The Morgan fingerprint density at radius 2 is 2.27 bits per heavy atom. The van der Waals surface area contributed by atoms with Crippen LogP contribution in [0.4, 0.5) is 5.69 Å². The van der Waals surface area contributed by atoms with Gasteiger partial charge in [-0.1, -0.05) is 18.2 Å². The number of carbonyl (C=O) groups is 1. The molecule has 1 unspecified atom stereocenters. The molecular formula is C11H11N3O. The highest BCUT2D eigenvalue weighted by molar-refractivity contribution is 6.02. The molecule has 4 heteroatoms. The van der Waals surface area contributed by atoms with Crippen molar-refractivity contribution in [2.75, 3.05) is 11.9 Å². The molecule has 2 rings (SSSR count). The van der Waals surface area contributed by atoms with Crippen molar-refractivity contribution < 1.29 is 4.79 Å². The Kier molecular flexibility index (Phi) is 2.66. The van der Waals surface area contributed by atoms with E-state index in [1.54, 1.807) is 0 Å². The molecule has 0 bridgehead atoms. The van der Waals surface area contributed by atoms with E-state index in [0.717, 1.165) is 11.3 Å². The number of hydrogen-bond donors (Lipinski definition) is 2. The van der Waals surface area contributed by atoms with Crippen LogP contribution < -0.4 is 10.6 Å². The van der Waals surface area contributed by atoms with Gasteiger partial charge in [-0.05, 0) is 6.07 Å². The van der Waals surface area contributed by atoms with Gasteiger partial charge >= 0.3 is 0 Å². The van der Waals surface area contributed by atoms with Crippen molar-refractivity contribution >= 4 is 11.6 Å². The van der Waals surface area contributed by atoms with Crippen molar-refractivity contribution in [1.29, 1.82) is 5.26 Å². The molecule has 15 heavy (non-hydrogen) atoms. The van der Waals surface area contributed by atoms with Gasteiger partial charge in [0, 0.05) is 24.2 Å². The molecule has 0 saturated carbocycles. The summed E-state index contributed by atoms with van der Waals surface area (Å²) in [5.41, 5.74) is 1.82. The normalized spacial score (nSPS) is 18.1. The lowest BCUT2D eigenvalue weighted by molar-refractivity contribution is -0.117. The molecule has 0 aromatic heterocycles. The number of carbonyl (C=O) groups excluding carboxylic acids is 1. The van der Waals surface area contributed by atoms with Gasteiger partial charge in [-0.25, -0.2) is 0 Å². The number of benzene rings is 1.